The van der Waals surface area contributed by atoms with Crippen molar-refractivity contribution in [2.45, 2.75) is 31.8 Å². The van der Waals surface area contributed by atoms with Gasteiger partial charge in [0.15, 0.2) is 0 Å². The number of methoxy groups -OCH3 is 1. The lowest BCUT2D eigenvalue weighted by Crippen LogP contribution is -2.49. The molecular formula is C18H25FN2O3. The lowest BCUT2D eigenvalue weighted by atomic mass is 10.1. The van der Waals surface area contributed by atoms with E-state index in [0.717, 1.165) is 44.6 Å². The second-order valence-electron chi connectivity index (χ2n) is 6.36. The van der Waals surface area contributed by atoms with Crippen LogP contribution in [0, 0.1) is 5.82 Å². The van der Waals surface area contributed by atoms with E-state index in [2.05, 4.69) is 4.90 Å². The zero-order valence-electron chi connectivity index (χ0n) is 14.2. The molecule has 0 aliphatic carbocycles. The fourth-order valence-corrected chi connectivity index (χ4v) is 3.42. The number of amides is 1. The monoisotopic (exact) mass is 336 g/mol. The van der Waals surface area contributed by atoms with Crippen molar-refractivity contribution in [3.63, 3.8) is 0 Å². The molecule has 2 heterocycles. The third-order valence-electron chi connectivity index (χ3n) is 4.82. The third kappa shape index (κ3) is 3.98. The standard InChI is InChI=1S/C18H25FN2O3/c1-23-17-13-14(19)4-6-16(17)20-8-10-21(11-9-20)18(22)7-5-15-3-2-12-24-15/h4,6,13,15H,2-3,5,7-12H2,1H3. The minimum Gasteiger partial charge on any atom is -0.494 e. The average molecular weight is 336 g/mol. The van der Waals surface area contributed by atoms with Gasteiger partial charge in [-0.25, -0.2) is 4.39 Å². The van der Waals surface area contributed by atoms with Gasteiger partial charge in [-0.2, -0.15) is 0 Å². The summed E-state index contributed by atoms with van der Waals surface area (Å²) < 4.78 is 24.2. The van der Waals surface area contributed by atoms with Crippen LogP contribution in [0.25, 0.3) is 0 Å². The number of piperazine rings is 1. The molecule has 1 amide bonds. The van der Waals surface area contributed by atoms with E-state index in [0.29, 0.717) is 25.3 Å². The van der Waals surface area contributed by atoms with Gasteiger partial charge in [-0.3, -0.25) is 4.79 Å². The molecule has 5 nitrogen and oxygen atoms in total. The quantitative estimate of drug-likeness (QED) is 0.828. The summed E-state index contributed by atoms with van der Waals surface area (Å²) in [6.45, 7) is 3.66. The Morgan fingerprint density at radius 1 is 1.33 bits per heavy atom. The molecule has 2 fully saturated rings. The van der Waals surface area contributed by atoms with E-state index in [1.807, 2.05) is 4.90 Å². The van der Waals surface area contributed by atoms with E-state index >= 15 is 0 Å². The van der Waals surface area contributed by atoms with Gasteiger partial charge in [0, 0.05) is 45.3 Å². The second-order valence-corrected chi connectivity index (χ2v) is 6.36. The SMILES string of the molecule is COc1cc(F)ccc1N1CCN(C(=O)CCC2CCCO2)CC1. The molecule has 1 unspecified atom stereocenters. The number of benzene rings is 1. The van der Waals surface area contributed by atoms with E-state index in [9.17, 15) is 9.18 Å². The molecule has 2 saturated heterocycles. The van der Waals surface area contributed by atoms with Crippen molar-refractivity contribution in [1.82, 2.24) is 4.90 Å². The molecule has 1 aromatic carbocycles. The molecule has 132 valence electrons. The van der Waals surface area contributed by atoms with Gasteiger partial charge in [-0.1, -0.05) is 0 Å². The maximum absolute atomic E-state index is 13.3. The summed E-state index contributed by atoms with van der Waals surface area (Å²) in [5.41, 5.74) is 0.880. The van der Waals surface area contributed by atoms with Gasteiger partial charge < -0.3 is 19.3 Å². The maximum Gasteiger partial charge on any atom is 0.222 e. The van der Waals surface area contributed by atoms with Crippen molar-refractivity contribution in [2.75, 3.05) is 44.8 Å². The molecule has 3 rings (SSSR count). The number of ether oxygens (including phenoxy) is 2. The van der Waals surface area contributed by atoms with Gasteiger partial charge in [0.25, 0.3) is 0 Å². The van der Waals surface area contributed by atoms with Crippen molar-refractivity contribution < 1.29 is 18.7 Å². The summed E-state index contributed by atoms with van der Waals surface area (Å²) in [5.74, 6) is 0.433. The highest BCUT2D eigenvalue weighted by atomic mass is 19.1. The van der Waals surface area contributed by atoms with Crippen molar-refractivity contribution in [2.24, 2.45) is 0 Å². The van der Waals surface area contributed by atoms with Crippen LogP contribution in [0.1, 0.15) is 25.7 Å². The van der Waals surface area contributed by atoms with E-state index in [1.165, 1.54) is 12.1 Å². The molecule has 2 aliphatic heterocycles. The molecule has 0 aromatic heterocycles. The van der Waals surface area contributed by atoms with Gasteiger partial charge >= 0.3 is 0 Å². The fraction of sp³-hybridized carbons (Fsp3) is 0.611. The largest absolute Gasteiger partial charge is 0.494 e. The summed E-state index contributed by atoms with van der Waals surface area (Å²) in [7, 11) is 1.54. The maximum atomic E-state index is 13.3. The van der Waals surface area contributed by atoms with Crippen LogP contribution in [0.3, 0.4) is 0 Å². The summed E-state index contributed by atoms with van der Waals surface area (Å²) in [4.78, 5) is 16.4. The molecule has 0 spiro atoms. The lowest BCUT2D eigenvalue weighted by molar-refractivity contribution is -0.132. The molecule has 1 aromatic rings. The highest BCUT2D eigenvalue weighted by Crippen LogP contribution is 2.29. The number of carbonyl (C=O) groups is 1. The zero-order valence-corrected chi connectivity index (χ0v) is 14.2. The number of nitrogens with zero attached hydrogens (tertiary/aromatic N) is 2. The predicted molar refractivity (Wildman–Crippen MR) is 90.0 cm³/mol. The first-order valence-corrected chi connectivity index (χ1v) is 8.65. The number of carbonyl (C=O) groups excluding carboxylic acids is 1. The van der Waals surface area contributed by atoms with Crippen LogP contribution < -0.4 is 9.64 Å². The molecule has 24 heavy (non-hydrogen) atoms. The molecule has 1 atom stereocenters. The van der Waals surface area contributed by atoms with E-state index in [-0.39, 0.29) is 17.8 Å². The van der Waals surface area contributed by atoms with Gasteiger partial charge in [0.05, 0.1) is 18.9 Å². The van der Waals surface area contributed by atoms with Crippen LogP contribution in [0.2, 0.25) is 0 Å². The van der Waals surface area contributed by atoms with Gasteiger partial charge in [0.1, 0.15) is 11.6 Å². The Balaban J connectivity index is 1.51. The Labute approximate surface area is 142 Å². The van der Waals surface area contributed by atoms with Gasteiger partial charge in [0.2, 0.25) is 5.91 Å². The Kier molecular flexibility index (Phi) is 5.56. The van der Waals surface area contributed by atoms with Crippen molar-refractivity contribution in [1.29, 1.82) is 0 Å². The fourth-order valence-electron chi connectivity index (χ4n) is 3.42. The van der Waals surface area contributed by atoms with Crippen LogP contribution in [0.4, 0.5) is 10.1 Å². The zero-order chi connectivity index (χ0) is 16.9. The summed E-state index contributed by atoms with van der Waals surface area (Å²) in [6, 6.07) is 4.58. The normalized spacial score (nSPS) is 21.2. The molecule has 0 N–H and O–H groups in total. The van der Waals surface area contributed by atoms with Crippen LogP contribution in [-0.4, -0.2) is 56.8 Å². The van der Waals surface area contributed by atoms with Crippen molar-refractivity contribution in [3.05, 3.63) is 24.0 Å². The summed E-state index contributed by atoms with van der Waals surface area (Å²) in [5, 5.41) is 0. The van der Waals surface area contributed by atoms with E-state index < -0.39 is 0 Å². The predicted octanol–water partition coefficient (Wildman–Crippen LogP) is 2.44. The van der Waals surface area contributed by atoms with Crippen molar-refractivity contribution >= 4 is 11.6 Å². The number of hydrogen-bond acceptors (Lipinski definition) is 4. The topological polar surface area (TPSA) is 42.0 Å². The highest BCUT2D eigenvalue weighted by Gasteiger charge is 2.24. The van der Waals surface area contributed by atoms with Crippen LogP contribution in [0.15, 0.2) is 18.2 Å². The summed E-state index contributed by atoms with van der Waals surface area (Å²) >= 11 is 0. The van der Waals surface area contributed by atoms with Crippen molar-refractivity contribution in [3.8, 4) is 5.75 Å². The lowest BCUT2D eigenvalue weighted by Gasteiger charge is -2.36. The number of rotatable bonds is 5. The van der Waals surface area contributed by atoms with Gasteiger partial charge in [-0.05, 0) is 31.4 Å². The van der Waals surface area contributed by atoms with Crippen LogP contribution in [0.5, 0.6) is 5.75 Å². The number of anilines is 1. The molecule has 0 saturated carbocycles. The number of hydrogen-bond donors (Lipinski definition) is 0. The molecule has 0 radical (unpaired) electrons. The third-order valence-corrected chi connectivity index (χ3v) is 4.82. The molecule has 0 bridgehead atoms. The first-order valence-electron chi connectivity index (χ1n) is 8.65. The van der Waals surface area contributed by atoms with Crippen LogP contribution >= 0.6 is 0 Å². The second kappa shape index (κ2) is 7.83. The summed E-state index contributed by atoms with van der Waals surface area (Å²) in [6.07, 6.45) is 3.83. The highest BCUT2D eigenvalue weighted by molar-refractivity contribution is 5.76. The first kappa shape index (κ1) is 17.0. The molecular weight excluding hydrogens is 311 g/mol. The minimum atomic E-state index is -0.307. The first-order chi connectivity index (χ1) is 11.7. The Morgan fingerprint density at radius 3 is 2.79 bits per heavy atom. The van der Waals surface area contributed by atoms with Crippen LogP contribution in [-0.2, 0) is 9.53 Å². The minimum absolute atomic E-state index is 0.205. The molecule has 2 aliphatic rings. The Morgan fingerprint density at radius 2 is 2.12 bits per heavy atom. The Bertz CT molecular complexity index is 567. The Hall–Kier alpha value is -1.82. The van der Waals surface area contributed by atoms with Gasteiger partial charge in [-0.15, -0.1) is 0 Å². The van der Waals surface area contributed by atoms with E-state index in [1.54, 1.807) is 13.2 Å². The average Bonchev–Trinajstić information content (AvgIpc) is 3.13. The number of halogens is 1. The smallest absolute Gasteiger partial charge is 0.222 e. The molecule has 6 heteroatoms. The van der Waals surface area contributed by atoms with E-state index in [4.69, 9.17) is 9.47 Å².